The number of benzene rings is 2. The topological polar surface area (TPSA) is 41.1 Å². The van der Waals surface area contributed by atoms with Gasteiger partial charge in [-0.25, -0.2) is 0 Å². The highest BCUT2D eigenvalue weighted by atomic mass is 127. The van der Waals surface area contributed by atoms with E-state index in [-0.39, 0.29) is 11.0 Å². The van der Waals surface area contributed by atoms with Gasteiger partial charge in [-0.3, -0.25) is 10.1 Å². The SMILES string of the molecule is O=C(NC(=S)NCc1ccc(Cl)cc1Cl)c1cccc(I)c1. The van der Waals surface area contributed by atoms with Gasteiger partial charge in [0.25, 0.3) is 5.91 Å². The van der Waals surface area contributed by atoms with Crippen LogP contribution in [0.1, 0.15) is 15.9 Å². The number of amides is 1. The van der Waals surface area contributed by atoms with Gasteiger partial charge in [-0.15, -0.1) is 0 Å². The smallest absolute Gasteiger partial charge is 0.257 e. The van der Waals surface area contributed by atoms with E-state index in [1.807, 2.05) is 18.2 Å². The van der Waals surface area contributed by atoms with Crippen LogP contribution in [0.25, 0.3) is 0 Å². The first-order chi connectivity index (χ1) is 10.5. The molecule has 0 radical (unpaired) electrons. The van der Waals surface area contributed by atoms with Crippen LogP contribution >= 0.6 is 58.0 Å². The number of nitrogens with one attached hydrogen (secondary N) is 2. The highest BCUT2D eigenvalue weighted by molar-refractivity contribution is 14.1. The van der Waals surface area contributed by atoms with E-state index < -0.39 is 0 Å². The van der Waals surface area contributed by atoms with Crippen LogP contribution in [0.2, 0.25) is 10.0 Å². The van der Waals surface area contributed by atoms with Crippen molar-refractivity contribution in [2.24, 2.45) is 0 Å². The molecule has 0 fully saturated rings. The van der Waals surface area contributed by atoms with Gasteiger partial charge >= 0.3 is 0 Å². The summed E-state index contributed by atoms with van der Waals surface area (Å²) in [6, 6.07) is 12.5. The summed E-state index contributed by atoms with van der Waals surface area (Å²) in [5, 5.41) is 6.94. The maximum Gasteiger partial charge on any atom is 0.257 e. The first kappa shape index (κ1) is 17.5. The average Bonchev–Trinajstić information content (AvgIpc) is 2.46. The zero-order valence-corrected chi connectivity index (χ0v) is 15.7. The molecule has 2 aromatic rings. The van der Waals surface area contributed by atoms with Crippen LogP contribution in [0.3, 0.4) is 0 Å². The molecule has 0 atom stereocenters. The zero-order chi connectivity index (χ0) is 16.1. The lowest BCUT2D eigenvalue weighted by Crippen LogP contribution is -2.38. The fraction of sp³-hybridized carbons (Fsp3) is 0.0667. The van der Waals surface area contributed by atoms with Gasteiger partial charge in [0.15, 0.2) is 5.11 Å². The summed E-state index contributed by atoms with van der Waals surface area (Å²) in [6.45, 7) is 0.404. The van der Waals surface area contributed by atoms with Crippen LogP contribution in [0, 0.1) is 3.57 Å². The van der Waals surface area contributed by atoms with Crippen molar-refractivity contribution in [3.8, 4) is 0 Å². The molecule has 22 heavy (non-hydrogen) atoms. The van der Waals surface area contributed by atoms with Crippen LogP contribution in [0.4, 0.5) is 0 Å². The summed E-state index contributed by atoms with van der Waals surface area (Å²) in [7, 11) is 0. The predicted octanol–water partition coefficient (Wildman–Crippen LogP) is 4.40. The van der Waals surface area contributed by atoms with Crippen LogP contribution in [-0.2, 0) is 6.54 Å². The number of carbonyl (C=O) groups is 1. The fourth-order valence-corrected chi connectivity index (χ4v) is 2.87. The molecule has 2 aromatic carbocycles. The highest BCUT2D eigenvalue weighted by Crippen LogP contribution is 2.20. The lowest BCUT2D eigenvalue weighted by Gasteiger charge is -2.11. The third kappa shape index (κ3) is 5.08. The summed E-state index contributed by atoms with van der Waals surface area (Å²) in [5.74, 6) is -0.252. The molecule has 2 N–H and O–H groups in total. The van der Waals surface area contributed by atoms with E-state index in [4.69, 9.17) is 35.4 Å². The molecular weight excluding hydrogens is 454 g/mol. The summed E-state index contributed by atoms with van der Waals surface area (Å²) < 4.78 is 0.983. The van der Waals surface area contributed by atoms with Gasteiger partial charge in [0.2, 0.25) is 0 Å². The standard InChI is InChI=1S/C15H11Cl2IN2OS/c16-11-5-4-10(13(17)7-11)8-19-15(22)20-14(21)9-2-1-3-12(18)6-9/h1-7H,8H2,(H2,19,20,21,22). The van der Waals surface area contributed by atoms with Crippen LogP contribution in [0.5, 0.6) is 0 Å². The van der Waals surface area contributed by atoms with Crippen molar-refractivity contribution in [1.82, 2.24) is 10.6 Å². The third-order valence-corrected chi connectivity index (χ3v) is 4.27. The van der Waals surface area contributed by atoms with Gasteiger partial charge in [-0.1, -0.05) is 35.3 Å². The maximum absolute atomic E-state index is 12.0. The summed E-state index contributed by atoms with van der Waals surface area (Å²) in [6.07, 6.45) is 0. The van der Waals surface area contributed by atoms with Crippen molar-refractivity contribution in [3.63, 3.8) is 0 Å². The van der Waals surface area contributed by atoms with Crippen molar-refractivity contribution in [2.45, 2.75) is 6.54 Å². The average molecular weight is 465 g/mol. The molecule has 0 aliphatic rings. The van der Waals surface area contributed by atoms with Gasteiger partial charge in [0.05, 0.1) is 0 Å². The van der Waals surface area contributed by atoms with Gasteiger partial charge in [-0.2, -0.15) is 0 Å². The molecule has 0 aliphatic heterocycles. The molecule has 0 unspecified atom stereocenters. The molecule has 2 rings (SSSR count). The Bertz CT molecular complexity index is 724. The van der Waals surface area contributed by atoms with Crippen LogP contribution < -0.4 is 10.6 Å². The summed E-state index contributed by atoms with van der Waals surface area (Å²) >= 11 is 19.2. The van der Waals surface area contributed by atoms with Crippen molar-refractivity contribution in [2.75, 3.05) is 0 Å². The largest absolute Gasteiger partial charge is 0.358 e. The Morgan fingerprint density at radius 1 is 1.18 bits per heavy atom. The quantitative estimate of drug-likeness (QED) is 0.522. The number of rotatable bonds is 3. The predicted molar refractivity (Wildman–Crippen MR) is 103 cm³/mol. The van der Waals surface area contributed by atoms with E-state index in [0.29, 0.717) is 22.2 Å². The minimum Gasteiger partial charge on any atom is -0.358 e. The molecular formula is C15H11Cl2IN2OS. The van der Waals surface area contributed by atoms with E-state index in [0.717, 1.165) is 9.13 Å². The molecule has 0 spiro atoms. The fourth-order valence-electron chi connectivity index (χ4n) is 1.69. The first-order valence-corrected chi connectivity index (χ1v) is 8.48. The van der Waals surface area contributed by atoms with E-state index in [1.165, 1.54) is 0 Å². The summed E-state index contributed by atoms with van der Waals surface area (Å²) in [4.78, 5) is 12.0. The van der Waals surface area contributed by atoms with Crippen LogP contribution in [0.15, 0.2) is 42.5 Å². The number of hydrogen-bond donors (Lipinski definition) is 2. The van der Waals surface area contributed by atoms with Crippen molar-refractivity contribution < 1.29 is 4.79 Å². The Hall–Kier alpha value is -0.890. The highest BCUT2D eigenvalue weighted by Gasteiger charge is 2.08. The summed E-state index contributed by atoms with van der Waals surface area (Å²) in [5.41, 5.74) is 1.40. The molecule has 0 saturated carbocycles. The molecule has 0 aromatic heterocycles. The normalized spacial score (nSPS) is 10.1. The Balaban J connectivity index is 1.91. The second-order valence-corrected chi connectivity index (χ2v) is 6.88. The van der Waals surface area contributed by atoms with Gasteiger partial charge in [0, 0.05) is 25.7 Å². The maximum atomic E-state index is 12.0. The van der Waals surface area contributed by atoms with E-state index in [1.54, 1.807) is 24.3 Å². The Morgan fingerprint density at radius 3 is 2.64 bits per heavy atom. The minimum atomic E-state index is -0.252. The Kier molecular flexibility index (Phi) is 6.43. The molecule has 0 saturated heterocycles. The van der Waals surface area contributed by atoms with E-state index >= 15 is 0 Å². The molecule has 0 aliphatic carbocycles. The first-order valence-electron chi connectivity index (χ1n) is 6.24. The molecule has 0 bridgehead atoms. The molecule has 0 heterocycles. The second kappa shape index (κ2) is 8.10. The van der Waals surface area contributed by atoms with Crippen molar-refractivity contribution in [1.29, 1.82) is 0 Å². The third-order valence-electron chi connectivity index (χ3n) is 2.77. The number of carbonyl (C=O) groups excluding carboxylic acids is 1. The van der Waals surface area contributed by atoms with Crippen LogP contribution in [-0.4, -0.2) is 11.0 Å². The minimum absolute atomic E-state index is 0.245. The Morgan fingerprint density at radius 2 is 1.95 bits per heavy atom. The number of thiocarbonyl (C=S) groups is 1. The molecule has 3 nitrogen and oxygen atoms in total. The molecule has 1 amide bonds. The number of hydrogen-bond acceptors (Lipinski definition) is 2. The molecule has 114 valence electrons. The monoisotopic (exact) mass is 464 g/mol. The van der Waals surface area contributed by atoms with Gasteiger partial charge < -0.3 is 5.32 Å². The van der Waals surface area contributed by atoms with Gasteiger partial charge in [-0.05, 0) is 70.7 Å². The zero-order valence-electron chi connectivity index (χ0n) is 11.2. The van der Waals surface area contributed by atoms with E-state index in [9.17, 15) is 4.79 Å². The van der Waals surface area contributed by atoms with E-state index in [2.05, 4.69) is 33.2 Å². The van der Waals surface area contributed by atoms with Gasteiger partial charge in [0.1, 0.15) is 0 Å². The Labute approximate surface area is 157 Å². The lowest BCUT2D eigenvalue weighted by atomic mass is 10.2. The van der Waals surface area contributed by atoms with Crippen molar-refractivity contribution in [3.05, 3.63) is 67.2 Å². The number of halogens is 3. The van der Waals surface area contributed by atoms with Crippen molar-refractivity contribution >= 4 is 69.0 Å². The molecule has 7 heteroatoms. The lowest BCUT2D eigenvalue weighted by molar-refractivity contribution is 0.0976. The second-order valence-electron chi connectivity index (χ2n) is 4.38.